The van der Waals surface area contributed by atoms with Crippen molar-refractivity contribution in [3.05, 3.63) is 28.2 Å². The van der Waals surface area contributed by atoms with E-state index in [0.717, 1.165) is 23.8 Å². The number of aryl methyl sites for hydroxylation is 1. The normalized spacial score (nSPS) is 22.9. The van der Waals surface area contributed by atoms with E-state index < -0.39 is 7.12 Å². The lowest BCUT2D eigenvalue weighted by atomic mass is 9.74. The van der Waals surface area contributed by atoms with Crippen LogP contribution in [0.4, 0.5) is 0 Å². The Morgan fingerprint density at radius 1 is 1.13 bits per heavy atom. The van der Waals surface area contributed by atoms with E-state index in [9.17, 15) is 4.79 Å². The molecule has 1 aliphatic heterocycles. The van der Waals surface area contributed by atoms with Crippen molar-refractivity contribution in [1.29, 1.82) is 0 Å². The Hall–Kier alpha value is -1.53. The van der Waals surface area contributed by atoms with Crippen LogP contribution in [0.2, 0.25) is 0 Å². The molecule has 5 nitrogen and oxygen atoms in total. The van der Waals surface area contributed by atoms with Crippen molar-refractivity contribution < 1.29 is 13.7 Å². The predicted molar refractivity (Wildman–Crippen MR) is 89.1 cm³/mol. The highest BCUT2D eigenvalue weighted by Crippen LogP contribution is 2.42. The lowest BCUT2D eigenvalue weighted by Crippen LogP contribution is -2.41. The lowest BCUT2D eigenvalue weighted by molar-refractivity contribution is 0.00578. The van der Waals surface area contributed by atoms with E-state index >= 15 is 0 Å². The van der Waals surface area contributed by atoms with Crippen LogP contribution in [-0.2, 0) is 16.4 Å². The molecular formula is C17H22BNO4. The van der Waals surface area contributed by atoms with Crippen molar-refractivity contribution in [2.75, 3.05) is 0 Å². The van der Waals surface area contributed by atoms with Crippen molar-refractivity contribution in [1.82, 2.24) is 4.57 Å². The van der Waals surface area contributed by atoms with E-state index in [-0.39, 0.29) is 17.0 Å². The van der Waals surface area contributed by atoms with Crippen LogP contribution in [0.5, 0.6) is 0 Å². The van der Waals surface area contributed by atoms with Gasteiger partial charge in [0.15, 0.2) is 5.58 Å². The van der Waals surface area contributed by atoms with Gasteiger partial charge in [0.05, 0.1) is 16.7 Å². The van der Waals surface area contributed by atoms with Crippen LogP contribution in [-0.4, -0.2) is 22.9 Å². The van der Waals surface area contributed by atoms with Crippen molar-refractivity contribution in [2.24, 2.45) is 7.05 Å². The summed E-state index contributed by atoms with van der Waals surface area (Å²) in [5, 5.41) is 0. The third-order valence-electron chi connectivity index (χ3n) is 5.52. The SMILES string of the molecule is Cn1c(=O)oc2cc(C3CC3)c(B3OC(C)(C)C(C)(C)O3)cc21. The maximum atomic E-state index is 11.8. The first kappa shape index (κ1) is 15.0. The molecule has 122 valence electrons. The largest absolute Gasteiger partial charge is 0.495 e. The average molecular weight is 315 g/mol. The van der Waals surface area contributed by atoms with Crippen molar-refractivity contribution in [3.63, 3.8) is 0 Å². The first-order valence-corrected chi connectivity index (χ1v) is 8.18. The van der Waals surface area contributed by atoms with Crippen LogP contribution in [0.25, 0.3) is 11.1 Å². The molecule has 1 saturated heterocycles. The standard InChI is InChI=1S/C17H22BNO4/c1-16(2)17(3,4)23-18(22-16)12-9-13-14(21-15(20)19(13)5)8-11(12)10-6-7-10/h8-10H,6-7H2,1-5H3. The van der Waals surface area contributed by atoms with Gasteiger partial charge in [-0.3, -0.25) is 4.57 Å². The van der Waals surface area contributed by atoms with Crippen LogP contribution in [0.15, 0.2) is 21.3 Å². The Morgan fingerprint density at radius 2 is 1.74 bits per heavy atom. The van der Waals surface area contributed by atoms with Crippen LogP contribution in [0.1, 0.15) is 52.0 Å². The van der Waals surface area contributed by atoms with E-state index in [1.807, 2.05) is 12.1 Å². The topological polar surface area (TPSA) is 53.6 Å². The van der Waals surface area contributed by atoms with Gasteiger partial charge < -0.3 is 13.7 Å². The number of fused-ring (bicyclic) bond motifs is 1. The van der Waals surface area contributed by atoms with E-state index in [0.29, 0.717) is 11.5 Å². The summed E-state index contributed by atoms with van der Waals surface area (Å²) in [4.78, 5) is 11.8. The van der Waals surface area contributed by atoms with Gasteiger partial charge in [-0.25, -0.2) is 4.79 Å². The number of nitrogens with zero attached hydrogens (tertiary/aromatic N) is 1. The maximum absolute atomic E-state index is 11.8. The summed E-state index contributed by atoms with van der Waals surface area (Å²) in [5.41, 5.74) is 2.87. The minimum absolute atomic E-state index is 0.340. The summed E-state index contributed by atoms with van der Waals surface area (Å²) in [5.74, 6) is 0.173. The van der Waals surface area contributed by atoms with Gasteiger partial charge in [0.25, 0.3) is 0 Å². The number of rotatable bonds is 2. The highest BCUT2D eigenvalue weighted by Gasteiger charge is 2.52. The quantitative estimate of drug-likeness (QED) is 0.798. The molecule has 0 bridgehead atoms. The summed E-state index contributed by atoms with van der Waals surface area (Å²) in [6.07, 6.45) is 2.32. The van der Waals surface area contributed by atoms with E-state index in [2.05, 4.69) is 27.7 Å². The van der Waals surface area contributed by atoms with Crippen LogP contribution in [0.3, 0.4) is 0 Å². The predicted octanol–water partition coefficient (Wildman–Crippen LogP) is 2.31. The van der Waals surface area contributed by atoms with E-state index in [1.54, 1.807) is 7.05 Å². The molecule has 1 saturated carbocycles. The van der Waals surface area contributed by atoms with Crippen LogP contribution < -0.4 is 11.2 Å². The van der Waals surface area contributed by atoms with Gasteiger partial charge in [0, 0.05) is 7.05 Å². The summed E-state index contributed by atoms with van der Waals surface area (Å²) >= 11 is 0. The number of hydrogen-bond donors (Lipinski definition) is 0. The van der Waals surface area contributed by atoms with E-state index in [1.165, 1.54) is 10.1 Å². The zero-order chi connectivity index (χ0) is 16.6. The molecule has 0 amide bonds. The van der Waals surface area contributed by atoms with Crippen molar-refractivity contribution in [3.8, 4) is 0 Å². The molecule has 1 aromatic heterocycles. The highest BCUT2D eigenvalue weighted by atomic mass is 16.7. The molecule has 23 heavy (non-hydrogen) atoms. The zero-order valence-corrected chi connectivity index (χ0v) is 14.3. The Morgan fingerprint density at radius 3 is 2.30 bits per heavy atom. The third kappa shape index (κ3) is 2.19. The molecule has 0 N–H and O–H groups in total. The Labute approximate surface area is 135 Å². The molecule has 0 unspecified atom stereocenters. The molecule has 1 aliphatic carbocycles. The number of aromatic nitrogens is 1. The van der Waals surface area contributed by atoms with E-state index in [4.69, 9.17) is 13.7 Å². The number of hydrogen-bond acceptors (Lipinski definition) is 4. The lowest BCUT2D eigenvalue weighted by Gasteiger charge is -2.32. The fourth-order valence-electron chi connectivity index (χ4n) is 3.13. The first-order chi connectivity index (χ1) is 10.7. The first-order valence-electron chi connectivity index (χ1n) is 8.18. The van der Waals surface area contributed by atoms with Crippen LogP contribution in [0, 0.1) is 0 Å². The molecule has 1 aromatic carbocycles. The molecule has 2 fully saturated rings. The zero-order valence-electron chi connectivity index (χ0n) is 14.3. The molecule has 0 radical (unpaired) electrons. The summed E-state index contributed by atoms with van der Waals surface area (Å²) in [6.45, 7) is 8.21. The minimum atomic E-state index is -0.412. The fraction of sp³-hybridized carbons (Fsp3) is 0.588. The highest BCUT2D eigenvalue weighted by molar-refractivity contribution is 6.63. The minimum Gasteiger partial charge on any atom is -0.408 e. The van der Waals surface area contributed by atoms with Gasteiger partial charge in [-0.05, 0) is 69.6 Å². The summed E-state index contributed by atoms with van der Waals surface area (Å²) < 4.78 is 19.3. The van der Waals surface area contributed by atoms with Gasteiger partial charge in [-0.1, -0.05) is 0 Å². The summed E-state index contributed by atoms with van der Waals surface area (Å²) in [6, 6.07) is 3.99. The molecule has 6 heteroatoms. The fourth-order valence-corrected chi connectivity index (χ4v) is 3.13. The molecule has 0 spiro atoms. The van der Waals surface area contributed by atoms with Gasteiger partial charge in [-0.15, -0.1) is 0 Å². The number of oxazole rings is 1. The van der Waals surface area contributed by atoms with Gasteiger partial charge in [0.1, 0.15) is 0 Å². The Balaban J connectivity index is 1.87. The molecular weight excluding hydrogens is 293 g/mol. The van der Waals surface area contributed by atoms with Crippen molar-refractivity contribution >= 4 is 23.7 Å². The molecule has 2 heterocycles. The second kappa shape index (κ2) is 4.51. The Bertz CT molecular complexity index is 828. The smallest absolute Gasteiger partial charge is 0.408 e. The molecule has 0 atom stereocenters. The monoisotopic (exact) mass is 315 g/mol. The second-order valence-corrected chi connectivity index (χ2v) is 7.74. The van der Waals surface area contributed by atoms with Crippen LogP contribution >= 0.6 is 0 Å². The maximum Gasteiger partial charge on any atom is 0.495 e. The average Bonchev–Trinajstić information content (AvgIpc) is 3.21. The van der Waals surface area contributed by atoms with Gasteiger partial charge >= 0.3 is 12.9 Å². The molecule has 4 rings (SSSR count). The second-order valence-electron chi connectivity index (χ2n) is 7.74. The number of benzene rings is 1. The molecule has 2 aromatic rings. The van der Waals surface area contributed by atoms with Crippen molar-refractivity contribution in [2.45, 2.75) is 57.7 Å². The molecule has 2 aliphatic rings. The summed E-state index contributed by atoms with van der Waals surface area (Å²) in [7, 11) is 1.31. The van der Waals surface area contributed by atoms with Gasteiger partial charge in [-0.2, -0.15) is 0 Å². The van der Waals surface area contributed by atoms with Gasteiger partial charge in [0.2, 0.25) is 0 Å². The Kier molecular flexibility index (Phi) is 2.95. The third-order valence-corrected chi connectivity index (χ3v) is 5.52.